The number of rotatable bonds is 6. The number of allylic oxidation sites excluding steroid dienone is 2. The smallest absolute Gasteiger partial charge is 0.155 e. The molecule has 3 fully saturated rings. The maximum atomic E-state index is 12.3. The lowest BCUT2D eigenvalue weighted by Gasteiger charge is -2.60. The molecular formula is C30H46O. The molecule has 0 aliphatic heterocycles. The highest BCUT2D eigenvalue weighted by atomic mass is 16.1. The normalized spacial score (nSPS) is 42.8. The zero-order valence-electron chi connectivity index (χ0n) is 20.9. The predicted molar refractivity (Wildman–Crippen MR) is 131 cm³/mol. The van der Waals surface area contributed by atoms with Gasteiger partial charge >= 0.3 is 0 Å². The van der Waals surface area contributed by atoms with Crippen molar-refractivity contribution >= 4 is 5.78 Å². The minimum atomic E-state index is 0.242. The average molecular weight is 423 g/mol. The Morgan fingerprint density at radius 3 is 2.61 bits per heavy atom. The molecular weight excluding hydrogens is 376 g/mol. The molecule has 4 rings (SSSR count). The second-order valence-corrected chi connectivity index (χ2v) is 12.6. The van der Waals surface area contributed by atoms with E-state index in [1.807, 2.05) is 6.08 Å². The van der Waals surface area contributed by atoms with Crippen LogP contribution in [0.2, 0.25) is 0 Å². The van der Waals surface area contributed by atoms with Crippen LogP contribution in [0.15, 0.2) is 30.0 Å². The first-order valence-corrected chi connectivity index (χ1v) is 13.3. The van der Waals surface area contributed by atoms with Crippen LogP contribution in [0.25, 0.3) is 0 Å². The highest BCUT2D eigenvalue weighted by Crippen LogP contribution is 2.69. The number of hydrogen-bond acceptors (Lipinski definition) is 1. The van der Waals surface area contributed by atoms with Gasteiger partial charge < -0.3 is 0 Å². The summed E-state index contributed by atoms with van der Waals surface area (Å²) < 4.78 is 0. The van der Waals surface area contributed by atoms with Gasteiger partial charge in [-0.25, -0.2) is 0 Å². The predicted octanol–water partition coefficient (Wildman–Crippen LogP) is 8.16. The Bertz CT molecular complexity index is 767. The van der Waals surface area contributed by atoms with Crippen molar-refractivity contribution in [1.29, 1.82) is 0 Å². The molecule has 0 aromatic heterocycles. The van der Waals surface area contributed by atoms with E-state index in [9.17, 15) is 4.79 Å². The minimum absolute atomic E-state index is 0.242. The van der Waals surface area contributed by atoms with Crippen molar-refractivity contribution < 1.29 is 4.79 Å². The Balaban J connectivity index is 1.60. The van der Waals surface area contributed by atoms with Gasteiger partial charge in [0.25, 0.3) is 0 Å². The van der Waals surface area contributed by atoms with Crippen molar-refractivity contribution in [3.63, 3.8) is 0 Å². The number of carbonyl (C=O) groups excluding carboxylic acids is 1. The summed E-state index contributed by atoms with van der Waals surface area (Å²) in [6, 6.07) is 0. The van der Waals surface area contributed by atoms with Crippen molar-refractivity contribution in [2.45, 2.75) is 98.8 Å². The van der Waals surface area contributed by atoms with E-state index >= 15 is 0 Å². The van der Waals surface area contributed by atoms with E-state index in [0.717, 1.165) is 54.8 Å². The third-order valence-corrected chi connectivity index (χ3v) is 10.6. The fourth-order valence-electron chi connectivity index (χ4n) is 8.96. The molecule has 0 aromatic carbocycles. The van der Waals surface area contributed by atoms with E-state index in [-0.39, 0.29) is 5.41 Å². The second kappa shape index (κ2) is 8.70. The lowest BCUT2D eigenvalue weighted by Crippen LogP contribution is -2.53. The molecule has 172 valence electrons. The highest BCUT2D eigenvalue weighted by Gasteiger charge is 2.61. The average Bonchev–Trinajstić information content (AvgIpc) is 3.06. The summed E-state index contributed by atoms with van der Waals surface area (Å²) in [6.45, 7) is 16.4. The summed E-state index contributed by atoms with van der Waals surface area (Å²) in [4.78, 5) is 12.3. The van der Waals surface area contributed by atoms with E-state index in [4.69, 9.17) is 0 Å². The van der Waals surface area contributed by atoms with E-state index < -0.39 is 0 Å². The van der Waals surface area contributed by atoms with Gasteiger partial charge in [0.05, 0.1) is 0 Å². The molecule has 0 radical (unpaired) electrons. The number of ketones is 1. The molecule has 0 N–H and O–H groups in total. The molecule has 0 bridgehead atoms. The van der Waals surface area contributed by atoms with E-state index in [2.05, 4.69) is 53.0 Å². The Morgan fingerprint density at radius 2 is 1.90 bits per heavy atom. The SMILES string of the molecule is C=C=C[C@H]1CC2=CC(=O)CC[C@]2(C)C2CC[C@]3(C)C(C(C)CCCC(C)C)CCC3C21. The highest BCUT2D eigenvalue weighted by molar-refractivity contribution is 5.91. The number of hydrogen-bond donors (Lipinski definition) is 0. The maximum absolute atomic E-state index is 12.3. The molecule has 0 saturated heterocycles. The van der Waals surface area contributed by atoms with Crippen molar-refractivity contribution in [2.24, 2.45) is 52.3 Å². The van der Waals surface area contributed by atoms with Crippen LogP contribution in [-0.2, 0) is 4.79 Å². The molecule has 0 amide bonds. The van der Waals surface area contributed by atoms with Crippen LogP contribution in [0, 0.1) is 52.3 Å². The summed E-state index contributed by atoms with van der Waals surface area (Å²) >= 11 is 0. The molecule has 31 heavy (non-hydrogen) atoms. The van der Waals surface area contributed by atoms with Gasteiger partial charge in [-0.15, -0.1) is 5.73 Å². The van der Waals surface area contributed by atoms with Crippen LogP contribution >= 0.6 is 0 Å². The lowest BCUT2D eigenvalue weighted by atomic mass is 9.44. The number of carbonyl (C=O) groups is 1. The Kier molecular flexibility index (Phi) is 6.48. The summed E-state index contributed by atoms with van der Waals surface area (Å²) in [7, 11) is 0. The molecule has 5 unspecified atom stereocenters. The monoisotopic (exact) mass is 422 g/mol. The number of fused-ring (bicyclic) bond motifs is 5. The second-order valence-electron chi connectivity index (χ2n) is 12.6. The Morgan fingerprint density at radius 1 is 1.13 bits per heavy atom. The van der Waals surface area contributed by atoms with Gasteiger partial charge in [0, 0.05) is 6.42 Å². The van der Waals surface area contributed by atoms with E-state index in [0.29, 0.717) is 17.1 Å². The van der Waals surface area contributed by atoms with Crippen LogP contribution < -0.4 is 0 Å². The van der Waals surface area contributed by atoms with Gasteiger partial charge in [-0.2, -0.15) is 0 Å². The summed E-state index contributed by atoms with van der Waals surface area (Å²) in [6.07, 6.45) is 16.9. The van der Waals surface area contributed by atoms with Gasteiger partial charge in [0.15, 0.2) is 5.78 Å². The first-order chi connectivity index (χ1) is 14.7. The van der Waals surface area contributed by atoms with Crippen molar-refractivity contribution in [3.05, 3.63) is 30.0 Å². The van der Waals surface area contributed by atoms with Crippen LogP contribution in [0.5, 0.6) is 0 Å². The molecule has 0 heterocycles. The molecule has 1 nitrogen and oxygen atoms in total. The van der Waals surface area contributed by atoms with Gasteiger partial charge in [-0.3, -0.25) is 4.79 Å². The van der Waals surface area contributed by atoms with Crippen molar-refractivity contribution in [1.82, 2.24) is 0 Å². The van der Waals surface area contributed by atoms with Gasteiger partial charge in [-0.1, -0.05) is 66.0 Å². The Labute approximate surface area is 191 Å². The topological polar surface area (TPSA) is 17.1 Å². The zero-order chi connectivity index (χ0) is 22.4. The van der Waals surface area contributed by atoms with E-state index in [1.165, 1.54) is 50.5 Å². The largest absolute Gasteiger partial charge is 0.295 e. The van der Waals surface area contributed by atoms with Crippen LogP contribution in [-0.4, -0.2) is 5.78 Å². The fraction of sp³-hybridized carbons (Fsp3) is 0.800. The molecule has 4 aliphatic carbocycles. The third-order valence-electron chi connectivity index (χ3n) is 10.6. The van der Waals surface area contributed by atoms with E-state index in [1.54, 1.807) is 0 Å². The maximum Gasteiger partial charge on any atom is 0.155 e. The van der Waals surface area contributed by atoms with Gasteiger partial charge in [0.2, 0.25) is 0 Å². The summed E-state index contributed by atoms with van der Waals surface area (Å²) in [5.41, 5.74) is 5.35. The summed E-state index contributed by atoms with van der Waals surface area (Å²) in [5.74, 6) is 5.73. The van der Waals surface area contributed by atoms with Crippen LogP contribution in [0.1, 0.15) is 98.8 Å². The van der Waals surface area contributed by atoms with Gasteiger partial charge in [-0.05, 0) is 103 Å². The van der Waals surface area contributed by atoms with Crippen LogP contribution in [0.4, 0.5) is 0 Å². The molecule has 0 spiro atoms. The van der Waals surface area contributed by atoms with Crippen molar-refractivity contribution in [2.75, 3.05) is 0 Å². The first-order valence-electron chi connectivity index (χ1n) is 13.3. The van der Waals surface area contributed by atoms with Crippen LogP contribution in [0.3, 0.4) is 0 Å². The summed E-state index contributed by atoms with van der Waals surface area (Å²) in [5, 5.41) is 0. The quantitative estimate of drug-likeness (QED) is 0.394. The standard InChI is InChI=1S/C30H46O/c1-7-9-22-18-23-19-24(31)14-16-29(23,5)27-15-17-30(6)25(12-13-26(30)28(22)27)21(4)11-8-10-20(2)3/h9,19-22,25-28H,1,8,10-18H2,2-6H3/t21?,22-,25?,26?,27?,28?,29-,30+/m0/s1. The molecule has 3 saturated carbocycles. The molecule has 0 aromatic rings. The minimum Gasteiger partial charge on any atom is -0.295 e. The van der Waals surface area contributed by atoms with Crippen molar-refractivity contribution in [3.8, 4) is 0 Å². The molecule has 4 aliphatic rings. The molecule has 8 atom stereocenters. The first kappa shape index (κ1) is 23.1. The third kappa shape index (κ3) is 3.94. The molecule has 1 heteroatoms. The zero-order valence-corrected chi connectivity index (χ0v) is 20.9. The lowest BCUT2D eigenvalue weighted by molar-refractivity contribution is -0.118. The Hall–Kier alpha value is -1.07. The fourth-order valence-corrected chi connectivity index (χ4v) is 8.96. The van der Waals surface area contributed by atoms with Gasteiger partial charge in [0.1, 0.15) is 0 Å².